The van der Waals surface area contributed by atoms with Gasteiger partial charge in [0, 0.05) is 17.6 Å². The Labute approximate surface area is 254 Å². The first-order valence-corrected chi connectivity index (χ1v) is 15.6. The van der Waals surface area contributed by atoms with Crippen molar-refractivity contribution in [2.24, 2.45) is 5.92 Å². The smallest absolute Gasteiger partial charge is 0.264 e. The van der Waals surface area contributed by atoms with E-state index in [1.54, 1.807) is 61.5 Å². The Bertz CT molecular complexity index is 1450. The van der Waals surface area contributed by atoms with E-state index >= 15 is 0 Å². The summed E-state index contributed by atoms with van der Waals surface area (Å²) in [5.74, 6) is -0.696. The van der Waals surface area contributed by atoms with Crippen LogP contribution in [0.3, 0.4) is 0 Å². The van der Waals surface area contributed by atoms with E-state index in [9.17, 15) is 18.0 Å². The van der Waals surface area contributed by atoms with Crippen LogP contribution in [0.15, 0.2) is 76.1 Å². The molecule has 7 nitrogen and oxygen atoms in total. The van der Waals surface area contributed by atoms with Crippen LogP contribution in [0.25, 0.3) is 0 Å². The van der Waals surface area contributed by atoms with E-state index in [4.69, 9.17) is 23.2 Å². The zero-order chi connectivity index (χ0) is 29.6. The minimum atomic E-state index is -4.13. The molecule has 0 aromatic heterocycles. The Morgan fingerprint density at radius 2 is 1.55 bits per heavy atom. The number of carbonyl (C=O) groups is 2. The number of hydrogen-bond acceptors (Lipinski definition) is 4. The Morgan fingerprint density at radius 3 is 2.12 bits per heavy atom. The number of nitrogens with one attached hydrogen (secondary N) is 1. The molecule has 1 N–H and O–H groups in total. The molecule has 1 unspecified atom stereocenters. The number of aryl methyl sites for hydroxylation is 1. The second-order valence-electron chi connectivity index (χ2n) is 9.89. The van der Waals surface area contributed by atoms with Gasteiger partial charge in [0.15, 0.2) is 0 Å². The van der Waals surface area contributed by atoms with E-state index in [0.717, 1.165) is 14.3 Å². The summed E-state index contributed by atoms with van der Waals surface area (Å²) in [4.78, 5) is 28.4. The molecule has 3 aromatic rings. The summed E-state index contributed by atoms with van der Waals surface area (Å²) in [6.07, 6.45) is 0. The second kappa shape index (κ2) is 13.9. The molecule has 0 heterocycles. The Morgan fingerprint density at radius 1 is 0.925 bits per heavy atom. The molecule has 0 aliphatic carbocycles. The van der Waals surface area contributed by atoms with Crippen LogP contribution in [0.2, 0.25) is 10.0 Å². The van der Waals surface area contributed by atoms with Gasteiger partial charge in [-0.1, -0.05) is 76.7 Å². The van der Waals surface area contributed by atoms with Gasteiger partial charge < -0.3 is 10.2 Å². The van der Waals surface area contributed by atoms with Crippen LogP contribution >= 0.6 is 39.1 Å². The van der Waals surface area contributed by atoms with Gasteiger partial charge in [0.25, 0.3) is 10.0 Å². The number of nitrogens with zero attached hydrogens (tertiary/aromatic N) is 2. The van der Waals surface area contributed by atoms with Crippen molar-refractivity contribution < 1.29 is 18.0 Å². The number of halogens is 3. The lowest BCUT2D eigenvalue weighted by molar-refractivity contribution is -0.139. The summed E-state index contributed by atoms with van der Waals surface area (Å²) in [5.41, 5.74) is 1.85. The van der Waals surface area contributed by atoms with E-state index < -0.39 is 28.5 Å². The lowest BCUT2D eigenvalue weighted by atomic mass is 10.1. The van der Waals surface area contributed by atoms with E-state index in [-0.39, 0.29) is 23.3 Å². The number of anilines is 1. The highest BCUT2D eigenvalue weighted by molar-refractivity contribution is 9.10. The highest BCUT2D eigenvalue weighted by Crippen LogP contribution is 2.27. The minimum absolute atomic E-state index is 0.0186. The van der Waals surface area contributed by atoms with Gasteiger partial charge >= 0.3 is 0 Å². The molecule has 2 amide bonds. The summed E-state index contributed by atoms with van der Waals surface area (Å²) in [6, 6.07) is 17.1. The zero-order valence-electron chi connectivity index (χ0n) is 22.7. The van der Waals surface area contributed by atoms with Crippen molar-refractivity contribution in [1.29, 1.82) is 0 Å². The van der Waals surface area contributed by atoms with Gasteiger partial charge in [-0.2, -0.15) is 0 Å². The monoisotopic (exact) mass is 667 g/mol. The summed E-state index contributed by atoms with van der Waals surface area (Å²) >= 11 is 15.7. The van der Waals surface area contributed by atoms with Crippen LogP contribution in [0.5, 0.6) is 0 Å². The number of amides is 2. The third-order valence-electron chi connectivity index (χ3n) is 6.19. The third kappa shape index (κ3) is 8.22. The molecule has 0 fully saturated rings. The fraction of sp³-hybridized carbons (Fsp3) is 0.310. The summed E-state index contributed by atoms with van der Waals surface area (Å²) in [6.45, 7) is 7.34. The van der Waals surface area contributed by atoms with E-state index in [1.807, 2.05) is 20.8 Å². The molecule has 214 valence electrons. The van der Waals surface area contributed by atoms with Crippen molar-refractivity contribution >= 4 is 66.7 Å². The van der Waals surface area contributed by atoms with Gasteiger partial charge in [-0.25, -0.2) is 8.42 Å². The molecule has 0 bridgehead atoms. The maximum atomic E-state index is 13.9. The van der Waals surface area contributed by atoms with Crippen LogP contribution in [0.1, 0.15) is 31.9 Å². The zero-order valence-corrected chi connectivity index (χ0v) is 26.6. The summed E-state index contributed by atoms with van der Waals surface area (Å²) in [7, 11) is -4.13. The lowest BCUT2D eigenvalue weighted by Crippen LogP contribution is -2.51. The fourth-order valence-corrected chi connectivity index (χ4v) is 5.84. The molecule has 0 aliphatic rings. The predicted molar refractivity (Wildman–Crippen MR) is 164 cm³/mol. The van der Waals surface area contributed by atoms with Gasteiger partial charge in [0.2, 0.25) is 11.8 Å². The molecule has 3 aromatic carbocycles. The number of carbonyl (C=O) groups excluding carboxylic acids is 2. The number of sulfonamides is 1. The first-order valence-electron chi connectivity index (χ1n) is 12.7. The largest absolute Gasteiger partial charge is 0.354 e. The molecule has 0 aliphatic heterocycles. The molecule has 0 saturated heterocycles. The average molecular weight is 669 g/mol. The average Bonchev–Trinajstić information content (AvgIpc) is 2.91. The van der Waals surface area contributed by atoms with Crippen LogP contribution < -0.4 is 9.62 Å². The molecule has 0 radical (unpaired) electrons. The fourth-order valence-electron chi connectivity index (χ4n) is 3.84. The first kappa shape index (κ1) is 31.9. The Kier molecular flexibility index (Phi) is 11.1. The normalized spacial score (nSPS) is 12.2. The first-order chi connectivity index (χ1) is 18.8. The van der Waals surface area contributed by atoms with Crippen LogP contribution in [0, 0.1) is 12.8 Å². The van der Waals surface area contributed by atoms with E-state index in [0.29, 0.717) is 27.8 Å². The number of rotatable bonds is 11. The van der Waals surface area contributed by atoms with Crippen LogP contribution in [-0.4, -0.2) is 44.3 Å². The van der Waals surface area contributed by atoms with Gasteiger partial charge in [0.1, 0.15) is 12.6 Å². The molecule has 0 saturated carbocycles. The quantitative estimate of drug-likeness (QED) is 0.255. The number of hydrogen-bond donors (Lipinski definition) is 1. The van der Waals surface area contributed by atoms with Crippen LogP contribution in [-0.2, 0) is 26.2 Å². The number of benzene rings is 3. The minimum Gasteiger partial charge on any atom is -0.354 e. The van der Waals surface area contributed by atoms with Crippen molar-refractivity contribution in [1.82, 2.24) is 10.2 Å². The van der Waals surface area contributed by atoms with Crippen molar-refractivity contribution in [3.63, 3.8) is 0 Å². The standard InChI is InChI=1S/C29H32BrCl2N3O4S/c1-19(2)16-33-29(37)21(4)34(17-22-7-14-26(31)27(32)15-22)28(36)18-35(24-10-8-23(30)9-11-24)40(38,39)25-12-5-20(3)6-13-25/h5-15,19,21H,16-18H2,1-4H3,(H,33,37). The predicted octanol–water partition coefficient (Wildman–Crippen LogP) is 6.45. The highest BCUT2D eigenvalue weighted by Gasteiger charge is 2.32. The van der Waals surface area contributed by atoms with Crippen molar-refractivity contribution in [2.75, 3.05) is 17.4 Å². The molecular formula is C29H32BrCl2N3O4S. The molecular weight excluding hydrogens is 637 g/mol. The van der Waals surface area contributed by atoms with Gasteiger partial charge in [-0.3, -0.25) is 13.9 Å². The van der Waals surface area contributed by atoms with Crippen LogP contribution in [0.4, 0.5) is 5.69 Å². The van der Waals surface area contributed by atoms with Gasteiger partial charge in [-0.15, -0.1) is 0 Å². The lowest BCUT2D eigenvalue weighted by Gasteiger charge is -2.32. The maximum Gasteiger partial charge on any atom is 0.264 e. The van der Waals surface area contributed by atoms with Crippen molar-refractivity contribution in [3.05, 3.63) is 92.4 Å². The Balaban J connectivity index is 2.02. The maximum absolute atomic E-state index is 13.9. The van der Waals surface area contributed by atoms with Gasteiger partial charge in [-0.05, 0) is 73.9 Å². The molecule has 0 spiro atoms. The Hall–Kier alpha value is -2.59. The van der Waals surface area contributed by atoms with Crippen molar-refractivity contribution in [2.45, 2.75) is 45.2 Å². The molecule has 3 rings (SSSR count). The van der Waals surface area contributed by atoms with Crippen molar-refractivity contribution in [3.8, 4) is 0 Å². The van der Waals surface area contributed by atoms with E-state index in [2.05, 4.69) is 21.2 Å². The molecule has 11 heteroatoms. The van der Waals surface area contributed by atoms with Gasteiger partial charge in [0.05, 0.1) is 20.6 Å². The SMILES string of the molecule is Cc1ccc(S(=O)(=O)N(CC(=O)N(Cc2ccc(Cl)c(Cl)c2)C(C)C(=O)NCC(C)C)c2ccc(Br)cc2)cc1. The summed E-state index contributed by atoms with van der Waals surface area (Å²) in [5, 5.41) is 3.52. The third-order valence-corrected chi connectivity index (χ3v) is 9.25. The van der Waals surface area contributed by atoms with E-state index in [1.165, 1.54) is 17.0 Å². The highest BCUT2D eigenvalue weighted by atomic mass is 79.9. The molecule has 40 heavy (non-hydrogen) atoms. The second-order valence-corrected chi connectivity index (χ2v) is 13.5. The summed E-state index contributed by atoms with van der Waals surface area (Å²) < 4.78 is 29.5. The topological polar surface area (TPSA) is 86.8 Å². The molecule has 1 atom stereocenters.